The van der Waals surface area contributed by atoms with E-state index in [1.54, 1.807) is 67.9 Å². The van der Waals surface area contributed by atoms with Crippen LogP contribution < -0.4 is 16.6 Å². The minimum absolute atomic E-state index is 0.185. The molecule has 0 unspecified atom stereocenters. The van der Waals surface area contributed by atoms with Crippen LogP contribution in [0.25, 0.3) is 27.8 Å². The van der Waals surface area contributed by atoms with Crippen molar-refractivity contribution in [1.29, 1.82) is 0 Å². The van der Waals surface area contributed by atoms with Crippen molar-refractivity contribution in [2.45, 2.75) is 46.0 Å². The fraction of sp³-hybridized carbons (Fsp3) is 0.219. The average molecular weight is 666 g/mol. The van der Waals surface area contributed by atoms with E-state index in [4.69, 9.17) is 15.6 Å². The fourth-order valence-corrected chi connectivity index (χ4v) is 4.82. The zero-order valence-electron chi connectivity index (χ0n) is 26.0. The van der Waals surface area contributed by atoms with E-state index in [-0.39, 0.29) is 35.1 Å². The molecule has 0 spiro atoms. The minimum atomic E-state index is -5.08. The van der Waals surface area contributed by atoms with Gasteiger partial charge in [0, 0.05) is 40.5 Å². The van der Waals surface area contributed by atoms with Gasteiger partial charge in [-0.15, -0.1) is 0 Å². The quantitative estimate of drug-likeness (QED) is 0.181. The number of halogens is 3. The van der Waals surface area contributed by atoms with Gasteiger partial charge in [0.05, 0.1) is 17.5 Å². The number of nitrogens with zero attached hydrogens (tertiary/aromatic N) is 5. The van der Waals surface area contributed by atoms with Gasteiger partial charge < -0.3 is 25.8 Å². The number of anilines is 2. The maximum absolute atomic E-state index is 13.4. The maximum Gasteiger partial charge on any atom is 0.490 e. The van der Waals surface area contributed by atoms with Gasteiger partial charge in [0.2, 0.25) is 0 Å². The maximum atomic E-state index is 13.4. The third-order valence-corrected chi connectivity index (χ3v) is 6.88. The van der Waals surface area contributed by atoms with Crippen LogP contribution in [0.1, 0.15) is 47.2 Å². The number of nitrogen functional groups attached to an aromatic ring is 1. The standard InChI is InChI=1S/C30H29N7O4.C2HF3O2/c1-17-21(18(2)38)12-22(29(40)37(17)20-8-6-5-7-9-20)28(39)35-24-11-10-19(13-32-24)23-14-36(15-30(3,4)41)27-25(23)26(31)33-16-34-27;3-2(4,5)1(6)7/h5-14,16,41H,15H2,1-4H3,(H2,31,33,34)(H,32,35,39);(H,6,7). The first-order valence-corrected chi connectivity index (χ1v) is 14.1. The van der Waals surface area contributed by atoms with E-state index in [0.29, 0.717) is 33.5 Å². The summed E-state index contributed by atoms with van der Waals surface area (Å²) in [5.74, 6) is -3.23. The number of carboxylic acids is 1. The number of hydrogen-bond acceptors (Lipinski definition) is 9. The Morgan fingerprint density at radius 2 is 1.65 bits per heavy atom. The number of aliphatic carboxylic acids is 1. The largest absolute Gasteiger partial charge is 0.490 e. The summed E-state index contributed by atoms with van der Waals surface area (Å²) in [5.41, 5.74) is 7.68. The number of aliphatic hydroxyl groups is 1. The number of aromatic nitrogens is 5. The molecule has 0 saturated heterocycles. The topological polar surface area (TPSA) is 195 Å². The van der Waals surface area contributed by atoms with Crippen LogP contribution in [0.5, 0.6) is 0 Å². The molecule has 16 heteroatoms. The van der Waals surface area contributed by atoms with Crippen LogP contribution in [-0.2, 0) is 11.3 Å². The van der Waals surface area contributed by atoms with Crippen molar-refractivity contribution in [2.24, 2.45) is 0 Å². The molecule has 0 radical (unpaired) electrons. The van der Waals surface area contributed by atoms with Gasteiger partial charge in [0.25, 0.3) is 11.5 Å². The van der Waals surface area contributed by atoms with Gasteiger partial charge in [-0.3, -0.25) is 19.0 Å². The van der Waals surface area contributed by atoms with Crippen molar-refractivity contribution in [3.05, 3.63) is 94.4 Å². The lowest BCUT2D eigenvalue weighted by atomic mass is 10.1. The van der Waals surface area contributed by atoms with Crippen LogP contribution in [0.3, 0.4) is 0 Å². The molecule has 0 aliphatic carbocycles. The second-order valence-corrected chi connectivity index (χ2v) is 11.2. The number of pyridine rings is 2. The number of alkyl halides is 3. The first-order valence-electron chi connectivity index (χ1n) is 14.1. The summed E-state index contributed by atoms with van der Waals surface area (Å²) in [5, 5.41) is 20.8. The predicted octanol–water partition coefficient (Wildman–Crippen LogP) is 4.39. The van der Waals surface area contributed by atoms with E-state index in [2.05, 4.69) is 20.3 Å². The molecule has 0 bridgehead atoms. The molecule has 0 saturated carbocycles. The number of hydrogen-bond donors (Lipinski definition) is 4. The Balaban J connectivity index is 0.000000671. The number of para-hydroxylation sites is 1. The van der Waals surface area contributed by atoms with Crippen molar-refractivity contribution in [1.82, 2.24) is 24.1 Å². The SMILES string of the molecule is CC(=O)c1cc(C(=O)Nc2ccc(-c3cn(CC(C)(C)O)c4ncnc(N)c34)cn2)c(=O)n(-c2ccccc2)c1C.O=C(O)C(F)(F)F. The highest BCUT2D eigenvalue weighted by molar-refractivity contribution is 6.06. The molecule has 5 rings (SSSR count). The van der Waals surface area contributed by atoms with Crippen molar-refractivity contribution < 1.29 is 37.8 Å². The van der Waals surface area contributed by atoms with Crippen molar-refractivity contribution >= 4 is 40.3 Å². The van der Waals surface area contributed by atoms with Gasteiger partial charge in [0.15, 0.2) is 5.78 Å². The number of carbonyl (C=O) groups is 3. The number of carbonyl (C=O) groups excluding carboxylic acids is 2. The summed E-state index contributed by atoms with van der Waals surface area (Å²) in [4.78, 5) is 60.8. The van der Waals surface area contributed by atoms with Gasteiger partial charge in [0.1, 0.15) is 29.2 Å². The van der Waals surface area contributed by atoms with Crippen LogP contribution in [0.2, 0.25) is 0 Å². The zero-order chi connectivity index (χ0) is 35.6. The van der Waals surface area contributed by atoms with Crippen molar-refractivity contribution in [3.8, 4) is 16.8 Å². The Hall–Kier alpha value is -5.90. The van der Waals surface area contributed by atoms with E-state index in [9.17, 15) is 32.7 Å². The molecule has 1 amide bonds. The van der Waals surface area contributed by atoms with Gasteiger partial charge >= 0.3 is 12.1 Å². The molecule has 5 N–H and O–H groups in total. The Kier molecular flexibility index (Phi) is 9.80. The van der Waals surface area contributed by atoms with E-state index in [1.165, 1.54) is 23.9 Å². The first-order chi connectivity index (χ1) is 22.4. The highest BCUT2D eigenvalue weighted by Gasteiger charge is 2.38. The van der Waals surface area contributed by atoms with Gasteiger partial charge in [-0.05, 0) is 58.0 Å². The van der Waals surface area contributed by atoms with Gasteiger partial charge in [-0.2, -0.15) is 13.2 Å². The summed E-state index contributed by atoms with van der Waals surface area (Å²) < 4.78 is 34.9. The molecule has 48 heavy (non-hydrogen) atoms. The number of Topliss-reactive ketones (excluding diaryl/α,β-unsaturated/α-hetero) is 1. The monoisotopic (exact) mass is 665 g/mol. The van der Waals surface area contributed by atoms with Gasteiger partial charge in [-0.25, -0.2) is 19.7 Å². The number of amides is 1. The Morgan fingerprint density at radius 1 is 1.00 bits per heavy atom. The number of carboxylic acid groups (broad SMARTS) is 1. The van der Waals surface area contributed by atoms with Crippen LogP contribution in [0.15, 0.2) is 72.0 Å². The molecule has 4 heterocycles. The highest BCUT2D eigenvalue weighted by Crippen LogP contribution is 2.33. The summed E-state index contributed by atoms with van der Waals surface area (Å²) in [7, 11) is 0. The number of fused-ring (bicyclic) bond motifs is 1. The first kappa shape index (κ1) is 35.0. The summed E-state index contributed by atoms with van der Waals surface area (Å²) in [6.45, 7) is 6.74. The third kappa shape index (κ3) is 7.72. The van der Waals surface area contributed by atoms with Crippen LogP contribution >= 0.6 is 0 Å². The molecule has 0 aliphatic heterocycles. The summed E-state index contributed by atoms with van der Waals surface area (Å²) in [6.07, 6.45) is -0.332. The number of ketones is 1. The van der Waals surface area contributed by atoms with E-state index >= 15 is 0 Å². The van der Waals surface area contributed by atoms with Crippen LogP contribution in [0.4, 0.5) is 24.8 Å². The molecule has 1 aromatic carbocycles. The molecular formula is C32H30F3N7O6. The normalized spacial score (nSPS) is 11.5. The lowest BCUT2D eigenvalue weighted by molar-refractivity contribution is -0.192. The third-order valence-electron chi connectivity index (χ3n) is 6.88. The number of nitrogens with two attached hydrogens (primary N) is 1. The van der Waals surface area contributed by atoms with Crippen molar-refractivity contribution in [3.63, 3.8) is 0 Å². The molecule has 4 aromatic heterocycles. The van der Waals surface area contributed by atoms with Crippen molar-refractivity contribution in [2.75, 3.05) is 11.1 Å². The van der Waals surface area contributed by atoms with Gasteiger partial charge in [-0.1, -0.05) is 18.2 Å². The highest BCUT2D eigenvalue weighted by atomic mass is 19.4. The van der Waals surface area contributed by atoms with E-state index in [0.717, 1.165) is 0 Å². The molecule has 0 fully saturated rings. The second-order valence-electron chi connectivity index (χ2n) is 11.2. The lowest BCUT2D eigenvalue weighted by Gasteiger charge is -2.18. The molecule has 13 nitrogen and oxygen atoms in total. The molecule has 0 aliphatic rings. The molecule has 5 aromatic rings. The Bertz CT molecular complexity index is 2070. The fourth-order valence-electron chi connectivity index (χ4n) is 4.82. The van der Waals surface area contributed by atoms with E-state index < -0.39 is 29.2 Å². The average Bonchev–Trinajstić information content (AvgIpc) is 3.35. The van der Waals surface area contributed by atoms with Crippen LogP contribution in [-0.4, -0.2) is 63.7 Å². The number of benzene rings is 1. The second kappa shape index (κ2) is 13.4. The number of rotatable bonds is 7. The Morgan fingerprint density at radius 3 is 2.19 bits per heavy atom. The van der Waals surface area contributed by atoms with E-state index in [1.807, 2.05) is 12.3 Å². The molecule has 0 atom stereocenters. The summed E-state index contributed by atoms with van der Waals surface area (Å²) in [6, 6.07) is 13.5. The zero-order valence-corrected chi connectivity index (χ0v) is 26.0. The molecule has 250 valence electrons. The minimum Gasteiger partial charge on any atom is -0.475 e. The number of nitrogens with one attached hydrogen (secondary N) is 1. The molecular weight excluding hydrogens is 635 g/mol. The lowest BCUT2D eigenvalue weighted by Crippen LogP contribution is -2.31. The smallest absolute Gasteiger partial charge is 0.475 e. The summed E-state index contributed by atoms with van der Waals surface area (Å²) >= 11 is 0. The van der Waals surface area contributed by atoms with Crippen LogP contribution in [0, 0.1) is 6.92 Å². The predicted molar refractivity (Wildman–Crippen MR) is 170 cm³/mol. The Labute approximate surface area is 270 Å².